The normalized spacial score (nSPS) is 15.6. The van der Waals surface area contributed by atoms with Gasteiger partial charge >= 0.3 is 10.1 Å². The van der Waals surface area contributed by atoms with Crippen LogP contribution in [-0.2, 0) is 21.5 Å². The van der Waals surface area contributed by atoms with Gasteiger partial charge in [0.05, 0.1) is 13.4 Å². The molecule has 0 radical (unpaired) electrons. The van der Waals surface area contributed by atoms with Crippen molar-refractivity contribution in [1.82, 2.24) is 4.90 Å². The fourth-order valence-electron chi connectivity index (χ4n) is 3.55. The molecule has 0 spiro atoms. The molecule has 1 aliphatic carbocycles. The van der Waals surface area contributed by atoms with E-state index in [9.17, 15) is 13.2 Å². The summed E-state index contributed by atoms with van der Waals surface area (Å²) in [4.78, 5) is 14.9. The number of carbonyl (C=O) groups is 1. The first-order valence-corrected chi connectivity index (χ1v) is 11.4. The highest BCUT2D eigenvalue weighted by molar-refractivity contribution is 7.86. The predicted molar refractivity (Wildman–Crippen MR) is 105 cm³/mol. The van der Waals surface area contributed by atoms with Crippen LogP contribution in [0, 0.1) is 11.8 Å². The number of amides is 1. The number of ether oxygens (including phenoxy) is 1. The Morgan fingerprint density at radius 1 is 1.19 bits per heavy atom. The van der Waals surface area contributed by atoms with Crippen molar-refractivity contribution in [1.29, 1.82) is 0 Å². The lowest BCUT2D eigenvalue weighted by Gasteiger charge is -2.31. The summed E-state index contributed by atoms with van der Waals surface area (Å²) in [6.45, 7) is 5.28. The number of rotatable bonds is 8. The Morgan fingerprint density at radius 3 is 2.41 bits per heavy atom. The van der Waals surface area contributed by atoms with E-state index in [1.807, 2.05) is 11.0 Å². The molecule has 6 nitrogen and oxygen atoms in total. The Bertz CT molecular complexity index is 739. The second kappa shape index (κ2) is 9.44. The van der Waals surface area contributed by atoms with Crippen LogP contribution in [0.3, 0.4) is 0 Å². The molecule has 0 unspecified atom stereocenters. The SMILES string of the molecule is COc1ccc(CN(CC(C)C)C(=O)C2CCCCC2)cc1OS(C)(=O)=O. The summed E-state index contributed by atoms with van der Waals surface area (Å²) in [5.74, 6) is 1.14. The summed E-state index contributed by atoms with van der Waals surface area (Å²) >= 11 is 0. The van der Waals surface area contributed by atoms with Crippen molar-refractivity contribution in [3.8, 4) is 11.5 Å². The van der Waals surface area contributed by atoms with E-state index in [1.54, 1.807) is 12.1 Å². The zero-order chi connectivity index (χ0) is 20.0. The zero-order valence-corrected chi connectivity index (χ0v) is 17.5. The minimum atomic E-state index is -3.67. The molecule has 7 heteroatoms. The topological polar surface area (TPSA) is 72.9 Å². The number of nitrogens with zero attached hydrogens (tertiary/aromatic N) is 1. The van der Waals surface area contributed by atoms with Crippen LogP contribution >= 0.6 is 0 Å². The largest absolute Gasteiger partial charge is 0.493 e. The summed E-state index contributed by atoms with van der Waals surface area (Å²) in [5, 5.41) is 0. The lowest BCUT2D eigenvalue weighted by molar-refractivity contribution is -0.137. The molecule has 152 valence electrons. The second-order valence-corrected chi connectivity index (χ2v) is 9.30. The molecule has 0 heterocycles. The first kappa shape index (κ1) is 21.5. The molecule has 2 rings (SSSR count). The van der Waals surface area contributed by atoms with E-state index in [-0.39, 0.29) is 17.6 Å². The van der Waals surface area contributed by atoms with Crippen LogP contribution in [0.1, 0.15) is 51.5 Å². The van der Waals surface area contributed by atoms with Gasteiger partial charge in [0.1, 0.15) is 0 Å². The Kier molecular flexibility index (Phi) is 7.53. The highest BCUT2D eigenvalue weighted by Crippen LogP contribution is 2.31. The average molecular weight is 398 g/mol. The van der Waals surface area contributed by atoms with E-state index < -0.39 is 10.1 Å². The smallest absolute Gasteiger partial charge is 0.306 e. The fourth-order valence-corrected chi connectivity index (χ4v) is 4.01. The van der Waals surface area contributed by atoms with Gasteiger partial charge in [-0.25, -0.2) is 0 Å². The Balaban J connectivity index is 2.22. The molecule has 27 heavy (non-hydrogen) atoms. The van der Waals surface area contributed by atoms with Gasteiger partial charge in [0.15, 0.2) is 11.5 Å². The maximum Gasteiger partial charge on any atom is 0.306 e. The van der Waals surface area contributed by atoms with Gasteiger partial charge in [-0.1, -0.05) is 39.2 Å². The first-order chi connectivity index (χ1) is 12.7. The van der Waals surface area contributed by atoms with E-state index >= 15 is 0 Å². The molecule has 1 aromatic rings. The van der Waals surface area contributed by atoms with Crippen LogP contribution in [0.2, 0.25) is 0 Å². The van der Waals surface area contributed by atoms with Crippen molar-refractivity contribution in [3.05, 3.63) is 23.8 Å². The molecule has 1 saturated carbocycles. The third-order valence-electron chi connectivity index (χ3n) is 4.69. The molecule has 0 aliphatic heterocycles. The molecule has 1 fully saturated rings. The standard InChI is InChI=1S/C20H31NO5S/c1-15(2)13-21(20(22)17-8-6-5-7-9-17)14-16-10-11-18(25-3)19(12-16)26-27(4,23)24/h10-12,15,17H,5-9,13-14H2,1-4H3. The number of hydrogen-bond acceptors (Lipinski definition) is 5. The highest BCUT2D eigenvalue weighted by atomic mass is 32.2. The maximum absolute atomic E-state index is 13.0. The molecule has 1 aliphatic rings. The molecule has 0 saturated heterocycles. The predicted octanol–water partition coefficient (Wildman–Crippen LogP) is 3.60. The van der Waals surface area contributed by atoms with Crippen LogP contribution in [0.4, 0.5) is 0 Å². The average Bonchev–Trinajstić information content (AvgIpc) is 2.60. The summed E-state index contributed by atoms with van der Waals surface area (Å²) in [6, 6.07) is 5.16. The third kappa shape index (κ3) is 6.72. The number of benzene rings is 1. The van der Waals surface area contributed by atoms with Crippen molar-refractivity contribution in [2.45, 2.75) is 52.5 Å². The lowest BCUT2D eigenvalue weighted by atomic mass is 9.88. The molecule has 0 N–H and O–H groups in total. The number of hydrogen-bond donors (Lipinski definition) is 0. The van der Waals surface area contributed by atoms with E-state index in [1.165, 1.54) is 13.5 Å². The lowest BCUT2D eigenvalue weighted by Crippen LogP contribution is -2.38. The van der Waals surface area contributed by atoms with Crippen molar-refractivity contribution < 1.29 is 22.1 Å². The molecular weight excluding hydrogens is 366 g/mol. The minimum absolute atomic E-state index is 0.0995. The van der Waals surface area contributed by atoms with Crippen molar-refractivity contribution >= 4 is 16.0 Å². The van der Waals surface area contributed by atoms with Crippen LogP contribution in [0.5, 0.6) is 11.5 Å². The highest BCUT2D eigenvalue weighted by Gasteiger charge is 2.26. The molecule has 0 bridgehead atoms. The van der Waals surface area contributed by atoms with E-state index in [4.69, 9.17) is 8.92 Å². The van der Waals surface area contributed by atoms with Gasteiger partial charge < -0.3 is 13.8 Å². The van der Waals surface area contributed by atoms with Gasteiger partial charge in [-0.05, 0) is 36.5 Å². The van der Waals surface area contributed by atoms with Crippen LogP contribution in [0.15, 0.2) is 18.2 Å². The van der Waals surface area contributed by atoms with Gasteiger partial charge in [-0.3, -0.25) is 4.79 Å². The molecular formula is C20H31NO5S. The van der Waals surface area contributed by atoms with Gasteiger partial charge in [0, 0.05) is 19.0 Å². The molecule has 0 atom stereocenters. The van der Waals surface area contributed by atoms with Gasteiger partial charge in [0.2, 0.25) is 5.91 Å². The van der Waals surface area contributed by atoms with Gasteiger partial charge in [-0.15, -0.1) is 0 Å². The second-order valence-electron chi connectivity index (χ2n) is 7.72. The Hall–Kier alpha value is -1.76. The Morgan fingerprint density at radius 2 is 1.85 bits per heavy atom. The van der Waals surface area contributed by atoms with E-state index in [0.29, 0.717) is 24.8 Å². The van der Waals surface area contributed by atoms with Crippen molar-refractivity contribution in [2.75, 3.05) is 19.9 Å². The zero-order valence-electron chi connectivity index (χ0n) is 16.7. The summed E-state index contributed by atoms with van der Waals surface area (Å²) in [5.41, 5.74) is 0.819. The van der Waals surface area contributed by atoms with E-state index in [2.05, 4.69) is 13.8 Å². The first-order valence-electron chi connectivity index (χ1n) is 9.54. The van der Waals surface area contributed by atoms with Gasteiger partial charge in [-0.2, -0.15) is 8.42 Å². The van der Waals surface area contributed by atoms with Crippen molar-refractivity contribution in [2.24, 2.45) is 11.8 Å². The number of carbonyl (C=O) groups excluding carboxylic acids is 1. The van der Waals surface area contributed by atoms with Crippen LogP contribution in [0.25, 0.3) is 0 Å². The van der Waals surface area contributed by atoms with Crippen LogP contribution < -0.4 is 8.92 Å². The summed E-state index contributed by atoms with van der Waals surface area (Å²) < 4.78 is 33.3. The molecule has 1 amide bonds. The molecule has 0 aromatic heterocycles. The van der Waals surface area contributed by atoms with E-state index in [0.717, 1.165) is 37.5 Å². The Labute approximate surface area is 163 Å². The fraction of sp³-hybridized carbons (Fsp3) is 0.650. The van der Waals surface area contributed by atoms with Crippen molar-refractivity contribution in [3.63, 3.8) is 0 Å². The third-order valence-corrected chi connectivity index (χ3v) is 5.18. The monoisotopic (exact) mass is 397 g/mol. The molecule has 1 aromatic carbocycles. The summed E-state index contributed by atoms with van der Waals surface area (Å²) in [7, 11) is -2.21. The maximum atomic E-state index is 13.0. The van der Waals surface area contributed by atoms with Gasteiger partial charge in [0.25, 0.3) is 0 Å². The quantitative estimate of drug-likeness (QED) is 0.627. The summed E-state index contributed by atoms with van der Waals surface area (Å²) in [6.07, 6.45) is 6.34. The van der Waals surface area contributed by atoms with Crippen LogP contribution in [-0.4, -0.2) is 39.1 Å². The number of methoxy groups -OCH3 is 1. The minimum Gasteiger partial charge on any atom is -0.493 e.